The van der Waals surface area contributed by atoms with Gasteiger partial charge in [0.25, 0.3) is 0 Å². The number of methoxy groups -OCH3 is 1. The quantitative estimate of drug-likeness (QED) is 0.675. The molecule has 0 amide bonds. The van der Waals surface area contributed by atoms with Crippen molar-refractivity contribution in [3.63, 3.8) is 0 Å². The summed E-state index contributed by atoms with van der Waals surface area (Å²) in [5, 5.41) is 0. The first kappa shape index (κ1) is 12.9. The Morgan fingerprint density at radius 2 is 1.64 bits per heavy atom. The summed E-state index contributed by atoms with van der Waals surface area (Å²) in [6, 6.07) is 1.26. The van der Waals surface area contributed by atoms with Gasteiger partial charge in [-0.25, -0.2) is 8.78 Å². The van der Waals surface area contributed by atoms with Gasteiger partial charge < -0.3 is 4.74 Å². The fraction of sp³-hybridized carbons (Fsp3) is 0.455. The van der Waals surface area contributed by atoms with Gasteiger partial charge in [-0.05, 0) is 31.0 Å². The molecule has 0 saturated heterocycles. The number of rotatable bonds is 1. The van der Waals surface area contributed by atoms with Crippen LogP contribution in [0.2, 0.25) is 0 Å². The molecule has 14 heavy (non-hydrogen) atoms. The third-order valence-corrected chi connectivity index (χ3v) is 1.88. The largest absolute Gasteiger partial charge is 0.491 e. The van der Waals surface area contributed by atoms with Crippen molar-refractivity contribution in [2.24, 2.45) is 0 Å². The van der Waals surface area contributed by atoms with E-state index in [9.17, 15) is 8.78 Å². The minimum Gasteiger partial charge on any atom is -0.491 e. The lowest BCUT2D eigenvalue weighted by molar-refractivity contribution is 0.358. The number of halogens is 2. The highest BCUT2D eigenvalue weighted by Gasteiger charge is 2.13. The minimum atomic E-state index is -0.655. The van der Waals surface area contributed by atoms with Crippen LogP contribution >= 0.6 is 0 Å². The predicted octanol–water partition coefficient (Wildman–Crippen LogP) is 3.62. The molecule has 0 atom stereocenters. The summed E-state index contributed by atoms with van der Waals surface area (Å²) < 4.78 is 30.6. The van der Waals surface area contributed by atoms with Crippen molar-refractivity contribution < 1.29 is 13.5 Å². The van der Waals surface area contributed by atoms with Crippen molar-refractivity contribution >= 4 is 0 Å². The van der Waals surface area contributed by atoms with Crippen LogP contribution in [0.15, 0.2) is 6.07 Å². The third-order valence-electron chi connectivity index (χ3n) is 1.88. The Bertz CT molecular complexity index is 309. The van der Waals surface area contributed by atoms with E-state index < -0.39 is 11.6 Å². The highest BCUT2D eigenvalue weighted by atomic mass is 19.1. The first-order valence-electron chi connectivity index (χ1n) is 4.57. The lowest BCUT2D eigenvalue weighted by Crippen LogP contribution is -1.97. The molecule has 0 bridgehead atoms. The minimum absolute atomic E-state index is 0.307. The molecular formula is C11H16F2O. The number of aryl methyl sites for hydroxylation is 1. The molecule has 0 saturated carbocycles. The van der Waals surface area contributed by atoms with Crippen molar-refractivity contribution in [3.05, 3.63) is 28.8 Å². The maximum atomic E-state index is 13.2. The summed E-state index contributed by atoms with van der Waals surface area (Å²) in [6.45, 7) is 7.24. The summed E-state index contributed by atoms with van der Waals surface area (Å²) in [7, 11) is 1.25. The molecule has 0 aliphatic rings. The highest BCUT2D eigenvalue weighted by Crippen LogP contribution is 2.26. The van der Waals surface area contributed by atoms with Crippen molar-refractivity contribution in [1.29, 1.82) is 0 Å². The predicted molar refractivity (Wildman–Crippen MR) is 53.7 cm³/mol. The van der Waals surface area contributed by atoms with Gasteiger partial charge in [-0.15, -0.1) is 0 Å². The van der Waals surface area contributed by atoms with Crippen LogP contribution in [0.1, 0.15) is 25.0 Å². The first-order chi connectivity index (χ1) is 6.57. The van der Waals surface area contributed by atoms with E-state index in [4.69, 9.17) is 0 Å². The SMILES string of the molecule is CC.COc1c(F)cc(C)c(C)c1F. The molecule has 1 nitrogen and oxygen atoms in total. The van der Waals surface area contributed by atoms with Gasteiger partial charge in [0, 0.05) is 0 Å². The second-order valence-electron chi connectivity index (χ2n) is 2.65. The molecule has 0 N–H and O–H groups in total. The molecule has 0 aromatic heterocycles. The Morgan fingerprint density at radius 1 is 1.14 bits per heavy atom. The number of benzene rings is 1. The van der Waals surface area contributed by atoms with Crippen LogP contribution in [-0.4, -0.2) is 7.11 Å². The zero-order chi connectivity index (χ0) is 11.3. The second kappa shape index (κ2) is 5.58. The molecule has 0 spiro atoms. The van der Waals surface area contributed by atoms with E-state index in [0.717, 1.165) is 0 Å². The van der Waals surface area contributed by atoms with Gasteiger partial charge in [0.2, 0.25) is 0 Å². The third kappa shape index (κ3) is 2.44. The van der Waals surface area contributed by atoms with E-state index in [1.807, 2.05) is 13.8 Å². The van der Waals surface area contributed by atoms with Crippen molar-refractivity contribution in [2.45, 2.75) is 27.7 Å². The summed E-state index contributed by atoms with van der Waals surface area (Å²) >= 11 is 0. The molecule has 1 rings (SSSR count). The second-order valence-corrected chi connectivity index (χ2v) is 2.65. The maximum absolute atomic E-state index is 13.2. The summed E-state index contributed by atoms with van der Waals surface area (Å²) in [4.78, 5) is 0. The van der Waals surface area contributed by atoms with Crippen LogP contribution in [-0.2, 0) is 0 Å². The van der Waals surface area contributed by atoms with Crippen LogP contribution in [0.4, 0.5) is 8.78 Å². The molecule has 1 aromatic rings. The fourth-order valence-corrected chi connectivity index (χ4v) is 0.999. The summed E-state index contributed by atoms with van der Waals surface area (Å²) in [6.07, 6.45) is 0. The Morgan fingerprint density at radius 3 is 2.07 bits per heavy atom. The van der Waals surface area contributed by atoms with E-state index >= 15 is 0 Å². The van der Waals surface area contributed by atoms with Crippen LogP contribution < -0.4 is 4.74 Å². The lowest BCUT2D eigenvalue weighted by atomic mass is 10.1. The average molecular weight is 202 g/mol. The van der Waals surface area contributed by atoms with Crippen molar-refractivity contribution in [1.82, 2.24) is 0 Å². The Balaban J connectivity index is 0.000000791. The smallest absolute Gasteiger partial charge is 0.190 e. The molecule has 0 unspecified atom stereocenters. The number of ether oxygens (including phenoxy) is 1. The standard InChI is InChI=1S/C9H10F2O.C2H6/c1-5-4-7(10)9(12-3)8(11)6(5)2;1-2/h4H,1-3H3;1-2H3. The van der Waals surface area contributed by atoms with Gasteiger partial charge >= 0.3 is 0 Å². The summed E-state index contributed by atoms with van der Waals surface area (Å²) in [5.41, 5.74) is 1.01. The van der Waals surface area contributed by atoms with Crippen LogP contribution in [0, 0.1) is 25.5 Å². The van der Waals surface area contributed by atoms with Crippen LogP contribution in [0.3, 0.4) is 0 Å². The van der Waals surface area contributed by atoms with E-state index in [1.165, 1.54) is 13.2 Å². The molecule has 3 heteroatoms. The molecule has 0 radical (unpaired) electrons. The number of hydrogen-bond acceptors (Lipinski definition) is 1. The zero-order valence-electron chi connectivity index (χ0n) is 9.24. The van der Waals surface area contributed by atoms with E-state index in [-0.39, 0.29) is 5.75 Å². The maximum Gasteiger partial charge on any atom is 0.190 e. The highest BCUT2D eigenvalue weighted by molar-refractivity contribution is 5.37. The number of hydrogen-bond donors (Lipinski definition) is 0. The van der Waals surface area contributed by atoms with Gasteiger partial charge in [0.15, 0.2) is 17.4 Å². The Kier molecular flexibility index (Phi) is 5.13. The topological polar surface area (TPSA) is 9.23 Å². The van der Waals surface area contributed by atoms with E-state index in [2.05, 4.69) is 4.74 Å². The summed E-state index contributed by atoms with van der Waals surface area (Å²) in [5.74, 6) is -1.58. The normalized spacial score (nSPS) is 9.07. The molecule has 0 aliphatic heterocycles. The van der Waals surface area contributed by atoms with E-state index in [0.29, 0.717) is 11.1 Å². The molecular weight excluding hydrogens is 186 g/mol. The Labute approximate surface area is 83.7 Å². The van der Waals surface area contributed by atoms with Crippen molar-refractivity contribution in [2.75, 3.05) is 7.11 Å². The van der Waals surface area contributed by atoms with Gasteiger partial charge in [0.1, 0.15) is 0 Å². The van der Waals surface area contributed by atoms with Gasteiger partial charge in [-0.1, -0.05) is 13.8 Å². The van der Waals surface area contributed by atoms with E-state index in [1.54, 1.807) is 13.8 Å². The Hall–Kier alpha value is -1.12. The van der Waals surface area contributed by atoms with Gasteiger partial charge in [0.05, 0.1) is 7.11 Å². The molecule has 80 valence electrons. The van der Waals surface area contributed by atoms with Gasteiger partial charge in [-0.3, -0.25) is 0 Å². The van der Waals surface area contributed by atoms with Crippen LogP contribution in [0.5, 0.6) is 5.75 Å². The van der Waals surface area contributed by atoms with Crippen LogP contribution in [0.25, 0.3) is 0 Å². The molecule has 1 aromatic carbocycles. The molecule has 0 heterocycles. The average Bonchev–Trinajstić information content (AvgIpc) is 2.18. The monoisotopic (exact) mass is 202 g/mol. The van der Waals surface area contributed by atoms with Crippen molar-refractivity contribution in [3.8, 4) is 5.75 Å². The zero-order valence-corrected chi connectivity index (χ0v) is 9.24. The molecule has 0 aliphatic carbocycles. The fourth-order valence-electron chi connectivity index (χ4n) is 0.999. The van der Waals surface area contributed by atoms with Gasteiger partial charge in [-0.2, -0.15) is 0 Å². The molecule has 0 fully saturated rings. The first-order valence-corrected chi connectivity index (χ1v) is 4.57. The lowest BCUT2D eigenvalue weighted by Gasteiger charge is -2.07.